The SMILES string of the molecule is CC(=O)Nc1ccc(Nc2ccc(C)c(Br)c2)nc1. The quantitative estimate of drug-likeness (QED) is 0.903. The van der Waals surface area contributed by atoms with Crippen molar-refractivity contribution in [1.82, 2.24) is 4.98 Å². The molecule has 0 saturated carbocycles. The minimum absolute atomic E-state index is 0.107. The van der Waals surface area contributed by atoms with Crippen molar-refractivity contribution in [2.75, 3.05) is 10.6 Å². The standard InChI is InChI=1S/C14H14BrN3O/c1-9-3-4-11(7-13(9)15)18-14-6-5-12(8-16-14)17-10(2)19/h3-8H,1-2H3,(H,16,18)(H,17,19). The summed E-state index contributed by atoms with van der Waals surface area (Å²) in [6.45, 7) is 3.50. The second-order valence-electron chi connectivity index (χ2n) is 4.20. The van der Waals surface area contributed by atoms with Crippen LogP contribution in [0.4, 0.5) is 17.2 Å². The van der Waals surface area contributed by atoms with E-state index in [1.807, 2.05) is 31.2 Å². The molecule has 1 heterocycles. The zero-order chi connectivity index (χ0) is 13.8. The Morgan fingerprint density at radius 2 is 1.95 bits per heavy atom. The molecule has 0 bridgehead atoms. The van der Waals surface area contributed by atoms with E-state index in [0.717, 1.165) is 16.0 Å². The molecular formula is C14H14BrN3O. The third-order valence-electron chi connectivity index (χ3n) is 2.53. The summed E-state index contributed by atoms with van der Waals surface area (Å²) in [7, 11) is 0. The number of amides is 1. The van der Waals surface area contributed by atoms with Gasteiger partial charge in [-0.25, -0.2) is 4.98 Å². The third-order valence-corrected chi connectivity index (χ3v) is 3.38. The molecule has 0 radical (unpaired) electrons. The molecule has 19 heavy (non-hydrogen) atoms. The first-order valence-electron chi connectivity index (χ1n) is 5.81. The van der Waals surface area contributed by atoms with Crippen molar-refractivity contribution in [2.24, 2.45) is 0 Å². The van der Waals surface area contributed by atoms with Gasteiger partial charge in [0.2, 0.25) is 5.91 Å². The molecule has 2 rings (SSSR count). The highest BCUT2D eigenvalue weighted by Gasteiger charge is 2.00. The molecule has 2 N–H and O–H groups in total. The van der Waals surface area contributed by atoms with Crippen LogP contribution < -0.4 is 10.6 Å². The molecule has 0 atom stereocenters. The zero-order valence-electron chi connectivity index (χ0n) is 10.7. The molecule has 1 aromatic carbocycles. The summed E-state index contributed by atoms with van der Waals surface area (Å²) < 4.78 is 1.05. The Balaban J connectivity index is 2.10. The zero-order valence-corrected chi connectivity index (χ0v) is 12.3. The number of pyridine rings is 1. The average molecular weight is 320 g/mol. The van der Waals surface area contributed by atoms with Crippen LogP contribution >= 0.6 is 15.9 Å². The van der Waals surface area contributed by atoms with Crippen molar-refractivity contribution in [3.8, 4) is 0 Å². The fourth-order valence-electron chi connectivity index (χ4n) is 1.56. The fourth-order valence-corrected chi connectivity index (χ4v) is 1.94. The first-order chi connectivity index (χ1) is 9.04. The highest BCUT2D eigenvalue weighted by Crippen LogP contribution is 2.23. The largest absolute Gasteiger partial charge is 0.340 e. The number of nitrogens with zero attached hydrogens (tertiary/aromatic N) is 1. The molecule has 1 amide bonds. The van der Waals surface area contributed by atoms with E-state index in [-0.39, 0.29) is 5.91 Å². The van der Waals surface area contributed by atoms with E-state index < -0.39 is 0 Å². The van der Waals surface area contributed by atoms with Crippen molar-refractivity contribution in [3.63, 3.8) is 0 Å². The average Bonchev–Trinajstić information content (AvgIpc) is 2.36. The van der Waals surface area contributed by atoms with E-state index in [0.29, 0.717) is 5.69 Å². The van der Waals surface area contributed by atoms with Crippen LogP contribution in [0.1, 0.15) is 12.5 Å². The predicted octanol–water partition coefficient (Wildman–Crippen LogP) is 3.85. The van der Waals surface area contributed by atoms with Crippen LogP contribution in [0.2, 0.25) is 0 Å². The van der Waals surface area contributed by atoms with Gasteiger partial charge in [-0.15, -0.1) is 0 Å². The summed E-state index contributed by atoms with van der Waals surface area (Å²) in [5.74, 6) is 0.620. The van der Waals surface area contributed by atoms with Gasteiger partial charge < -0.3 is 10.6 Å². The van der Waals surface area contributed by atoms with Gasteiger partial charge in [-0.1, -0.05) is 22.0 Å². The molecule has 0 fully saturated rings. The number of anilines is 3. The number of aryl methyl sites for hydroxylation is 1. The summed E-state index contributed by atoms with van der Waals surface area (Å²) in [6, 6.07) is 9.64. The van der Waals surface area contributed by atoms with Gasteiger partial charge >= 0.3 is 0 Å². The van der Waals surface area contributed by atoms with Crippen LogP contribution in [-0.2, 0) is 4.79 Å². The lowest BCUT2D eigenvalue weighted by Gasteiger charge is -2.08. The predicted molar refractivity (Wildman–Crippen MR) is 80.7 cm³/mol. The summed E-state index contributed by atoms with van der Waals surface area (Å²) in [4.78, 5) is 15.1. The lowest BCUT2D eigenvalue weighted by molar-refractivity contribution is -0.114. The number of benzene rings is 1. The van der Waals surface area contributed by atoms with Gasteiger partial charge in [0.1, 0.15) is 5.82 Å². The monoisotopic (exact) mass is 319 g/mol. The second-order valence-corrected chi connectivity index (χ2v) is 5.06. The van der Waals surface area contributed by atoms with Crippen LogP contribution in [0.5, 0.6) is 0 Å². The lowest BCUT2D eigenvalue weighted by Crippen LogP contribution is -2.06. The molecular weight excluding hydrogens is 306 g/mol. The second kappa shape index (κ2) is 5.84. The molecule has 2 aromatic rings. The van der Waals surface area contributed by atoms with Crippen molar-refractivity contribution in [1.29, 1.82) is 0 Å². The minimum Gasteiger partial charge on any atom is -0.340 e. The molecule has 0 unspecified atom stereocenters. The Labute approximate surface area is 120 Å². The molecule has 0 spiro atoms. The number of hydrogen-bond donors (Lipinski definition) is 2. The Kier molecular flexibility index (Phi) is 4.16. The smallest absolute Gasteiger partial charge is 0.221 e. The van der Waals surface area contributed by atoms with Gasteiger partial charge in [-0.2, -0.15) is 0 Å². The topological polar surface area (TPSA) is 54.0 Å². The number of aromatic nitrogens is 1. The maximum Gasteiger partial charge on any atom is 0.221 e. The molecule has 0 aliphatic carbocycles. The highest BCUT2D eigenvalue weighted by atomic mass is 79.9. The maximum atomic E-state index is 10.9. The number of carbonyl (C=O) groups excluding carboxylic acids is 1. The molecule has 98 valence electrons. The summed E-state index contributed by atoms with van der Waals surface area (Å²) in [5, 5.41) is 5.87. The highest BCUT2D eigenvalue weighted by molar-refractivity contribution is 9.10. The number of carbonyl (C=O) groups is 1. The first kappa shape index (κ1) is 13.5. The number of nitrogens with one attached hydrogen (secondary N) is 2. The molecule has 1 aromatic heterocycles. The number of hydrogen-bond acceptors (Lipinski definition) is 3. The van der Waals surface area contributed by atoms with E-state index in [2.05, 4.69) is 31.5 Å². The Bertz CT molecular complexity index is 596. The van der Waals surface area contributed by atoms with Crippen molar-refractivity contribution in [2.45, 2.75) is 13.8 Å². The molecule has 0 aliphatic heterocycles. The summed E-state index contributed by atoms with van der Waals surface area (Å²) in [5.41, 5.74) is 2.82. The van der Waals surface area contributed by atoms with Crippen LogP contribution in [0.3, 0.4) is 0 Å². The summed E-state index contributed by atoms with van der Waals surface area (Å²) >= 11 is 3.49. The Hall–Kier alpha value is -1.88. The molecule has 4 nitrogen and oxygen atoms in total. The van der Waals surface area contributed by atoms with Crippen LogP contribution in [0.15, 0.2) is 41.0 Å². The van der Waals surface area contributed by atoms with Gasteiger partial charge in [0.05, 0.1) is 11.9 Å². The molecule has 0 saturated heterocycles. The van der Waals surface area contributed by atoms with E-state index in [4.69, 9.17) is 0 Å². The van der Waals surface area contributed by atoms with Gasteiger partial charge in [0, 0.05) is 17.1 Å². The summed E-state index contributed by atoms with van der Waals surface area (Å²) in [6.07, 6.45) is 1.62. The van der Waals surface area contributed by atoms with E-state index >= 15 is 0 Å². The van der Waals surface area contributed by atoms with E-state index in [1.165, 1.54) is 12.5 Å². The Morgan fingerprint density at radius 3 is 2.53 bits per heavy atom. The van der Waals surface area contributed by atoms with Crippen molar-refractivity contribution < 1.29 is 4.79 Å². The Morgan fingerprint density at radius 1 is 1.21 bits per heavy atom. The van der Waals surface area contributed by atoms with Crippen LogP contribution in [0.25, 0.3) is 0 Å². The maximum absolute atomic E-state index is 10.9. The van der Waals surface area contributed by atoms with Gasteiger partial charge in [0.15, 0.2) is 0 Å². The minimum atomic E-state index is -0.107. The van der Waals surface area contributed by atoms with E-state index in [1.54, 1.807) is 12.3 Å². The fraction of sp³-hybridized carbons (Fsp3) is 0.143. The van der Waals surface area contributed by atoms with Crippen molar-refractivity contribution >= 4 is 39.0 Å². The van der Waals surface area contributed by atoms with Gasteiger partial charge in [-0.05, 0) is 36.8 Å². The van der Waals surface area contributed by atoms with Crippen LogP contribution in [-0.4, -0.2) is 10.9 Å². The molecule has 5 heteroatoms. The van der Waals surface area contributed by atoms with Gasteiger partial charge in [-0.3, -0.25) is 4.79 Å². The lowest BCUT2D eigenvalue weighted by atomic mass is 10.2. The third kappa shape index (κ3) is 3.79. The van der Waals surface area contributed by atoms with Gasteiger partial charge in [0.25, 0.3) is 0 Å². The van der Waals surface area contributed by atoms with Crippen LogP contribution in [0, 0.1) is 6.92 Å². The van der Waals surface area contributed by atoms with Crippen molar-refractivity contribution in [3.05, 3.63) is 46.6 Å². The molecule has 0 aliphatic rings. The first-order valence-corrected chi connectivity index (χ1v) is 6.61. The number of rotatable bonds is 3. The van der Waals surface area contributed by atoms with E-state index in [9.17, 15) is 4.79 Å². The normalized spacial score (nSPS) is 10.1. The number of halogens is 1.